The fourth-order valence-corrected chi connectivity index (χ4v) is 3.65. The van der Waals surface area contributed by atoms with Gasteiger partial charge in [0, 0.05) is 42.8 Å². The predicted octanol–water partition coefficient (Wildman–Crippen LogP) is 2.15. The van der Waals surface area contributed by atoms with Crippen molar-refractivity contribution in [3.63, 3.8) is 0 Å². The van der Waals surface area contributed by atoms with Gasteiger partial charge in [0.25, 0.3) is 0 Å². The number of carboxylic acid groups (broad SMARTS) is 1. The maximum atomic E-state index is 12.6. The molecule has 0 spiro atoms. The lowest BCUT2D eigenvalue weighted by molar-refractivity contribution is -0.151. The molecule has 0 fully saturated rings. The molecular formula is C17H18BrN3O3. The molecule has 1 unspecified atom stereocenters. The summed E-state index contributed by atoms with van der Waals surface area (Å²) in [6, 6.07) is 6.79. The molecule has 1 N–H and O–H groups in total. The smallest absolute Gasteiger partial charge is 0.326 e. The SMILES string of the molecule is Cn1nccc1CCC(=O)N1Cc2cccc(Br)c2CC1C(=O)O. The molecule has 0 radical (unpaired) electrons. The monoisotopic (exact) mass is 391 g/mol. The Morgan fingerprint density at radius 2 is 2.17 bits per heavy atom. The van der Waals surface area contributed by atoms with E-state index in [2.05, 4.69) is 21.0 Å². The summed E-state index contributed by atoms with van der Waals surface area (Å²) in [6.45, 7) is 0.329. The highest BCUT2D eigenvalue weighted by molar-refractivity contribution is 9.10. The van der Waals surface area contributed by atoms with E-state index in [0.29, 0.717) is 19.4 Å². The van der Waals surface area contributed by atoms with Crippen molar-refractivity contribution in [3.8, 4) is 0 Å². The third-order valence-corrected chi connectivity index (χ3v) is 5.20. The topological polar surface area (TPSA) is 75.4 Å². The molecule has 126 valence electrons. The summed E-state index contributed by atoms with van der Waals surface area (Å²) in [5, 5.41) is 13.6. The van der Waals surface area contributed by atoms with Gasteiger partial charge in [0.2, 0.25) is 5.91 Å². The van der Waals surface area contributed by atoms with Crippen LogP contribution in [0.1, 0.15) is 23.2 Å². The summed E-state index contributed by atoms with van der Waals surface area (Å²) in [7, 11) is 1.83. The van der Waals surface area contributed by atoms with Crippen LogP contribution in [0.5, 0.6) is 0 Å². The van der Waals surface area contributed by atoms with E-state index in [4.69, 9.17) is 0 Å². The van der Waals surface area contributed by atoms with Gasteiger partial charge in [-0.1, -0.05) is 28.1 Å². The number of benzene rings is 1. The number of fused-ring (bicyclic) bond motifs is 1. The number of carbonyl (C=O) groups is 2. The minimum absolute atomic E-state index is 0.144. The molecule has 1 atom stereocenters. The zero-order valence-corrected chi connectivity index (χ0v) is 14.9. The molecular weight excluding hydrogens is 374 g/mol. The quantitative estimate of drug-likeness (QED) is 0.866. The Balaban J connectivity index is 1.78. The van der Waals surface area contributed by atoms with Gasteiger partial charge in [0.1, 0.15) is 6.04 Å². The van der Waals surface area contributed by atoms with Crippen molar-refractivity contribution in [2.45, 2.75) is 31.8 Å². The lowest BCUT2D eigenvalue weighted by Crippen LogP contribution is -2.48. The van der Waals surface area contributed by atoms with Gasteiger partial charge < -0.3 is 10.0 Å². The zero-order chi connectivity index (χ0) is 17.3. The standard InChI is InChI=1S/C17H18BrN3O3/c1-20-12(7-8-19-20)5-6-16(22)21-10-11-3-2-4-14(18)13(11)9-15(21)17(23)24/h2-4,7-8,15H,5-6,9-10H2,1H3,(H,23,24). The molecule has 2 heterocycles. The number of aliphatic carboxylic acids is 1. The van der Waals surface area contributed by atoms with Crippen LogP contribution in [0.15, 0.2) is 34.9 Å². The third kappa shape index (κ3) is 3.21. The number of aryl methyl sites for hydroxylation is 2. The Hall–Kier alpha value is -2.15. The van der Waals surface area contributed by atoms with E-state index in [-0.39, 0.29) is 12.3 Å². The Labute approximate surface area is 148 Å². The Bertz CT molecular complexity index is 787. The van der Waals surface area contributed by atoms with Crippen LogP contribution in [0.25, 0.3) is 0 Å². The summed E-state index contributed by atoms with van der Waals surface area (Å²) in [6.07, 6.45) is 2.83. The molecule has 1 amide bonds. The minimum Gasteiger partial charge on any atom is -0.480 e. The number of rotatable bonds is 4. The first-order valence-electron chi connectivity index (χ1n) is 7.73. The zero-order valence-electron chi connectivity index (χ0n) is 13.3. The Morgan fingerprint density at radius 1 is 1.38 bits per heavy atom. The van der Waals surface area contributed by atoms with E-state index in [0.717, 1.165) is 21.3 Å². The van der Waals surface area contributed by atoms with E-state index < -0.39 is 12.0 Å². The van der Waals surface area contributed by atoms with Gasteiger partial charge in [-0.25, -0.2) is 4.79 Å². The van der Waals surface area contributed by atoms with E-state index in [1.807, 2.05) is 31.3 Å². The number of carbonyl (C=O) groups excluding carboxylic acids is 1. The number of hydrogen-bond acceptors (Lipinski definition) is 3. The van der Waals surface area contributed by atoms with E-state index in [1.54, 1.807) is 10.9 Å². The van der Waals surface area contributed by atoms with Gasteiger partial charge in [0.05, 0.1) is 0 Å². The minimum atomic E-state index is -0.967. The highest BCUT2D eigenvalue weighted by Crippen LogP contribution is 2.30. The van der Waals surface area contributed by atoms with Crippen molar-refractivity contribution in [1.82, 2.24) is 14.7 Å². The largest absolute Gasteiger partial charge is 0.480 e. The van der Waals surface area contributed by atoms with Crippen LogP contribution in [-0.2, 0) is 36.0 Å². The van der Waals surface area contributed by atoms with Crippen LogP contribution >= 0.6 is 15.9 Å². The second-order valence-corrected chi connectivity index (χ2v) is 6.76. The molecule has 0 saturated carbocycles. The normalized spacial score (nSPS) is 16.8. The van der Waals surface area contributed by atoms with Gasteiger partial charge in [0.15, 0.2) is 0 Å². The van der Waals surface area contributed by atoms with Gasteiger partial charge >= 0.3 is 5.97 Å². The average Bonchev–Trinajstić information content (AvgIpc) is 2.97. The maximum absolute atomic E-state index is 12.6. The molecule has 6 nitrogen and oxygen atoms in total. The van der Waals surface area contributed by atoms with Crippen LogP contribution < -0.4 is 0 Å². The molecule has 0 saturated heterocycles. The first kappa shape index (κ1) is 16.7. The lowest BCUT2D eigenvalue weighted by atomic mass is 9.93. The molecule has 0 aliphatic carbocycles. The van der Waals surface area contributed by atoms with Crippen LogP contribution in [-0.4, -0.2) is 37.7 Å². The summed E-state index contributed by atoms with van der Waals surface area (Å²) in [5.41, 5.74) is 2.92. The van der Waals surface area contributed by atoms with Crippen molar-refractivity contribution in [3.05, 3.63) is 51.8 Å². The Morgan fingerprint density at radius 3 is 2.83 bits per heavy atom. The van der Waals surface area contributed by atoms with Crippen molar-refractivity contribution in [2.75, 3.05) is 0 Å². The van der Waals surface area contributed by atoms with Crippen molar-refractivity contribution in [1.29, 1.82) is 0 Å². The second-order valence-electron chi connectivity index (χ2n) is 5.90. The second kappa shape index (κ2) is 6.76. The van der Waals surface area contributed by atoms with E-state index in [9.17, 15) is 14.7 Å². The lowest BCUT2D eigenvalue weighted by Gasteiger charge is -2.35. The number of nitrogens with zero attached hydrogens (tertiary/aromatic N) is 3. The fourth-order valence-electron chi connectivity index (χ4n) is 3.09. The first-order chi connectivity index (χ1) is 11.5. The van der Waals surface area contributed by atoms with Crippen LogP contribution in [0.3, 0.4) is 0 Å². The van der Waals surface area contributed by atoms with E-state index >= 15 is 0 Å². The molecule has 24 heavy (non-hydrogen) atoms. The molecule has 1 aromatic carbocycles. The van der Waals surface area contributed by atoms with Crippen molar-refractivity contribution in [2.24, 2.45) is 7.05 Å². The summed E-state index contributed by atoms with van der Waals surface area (Å²) in [5.74, 6) is -1.11. The van der Waals surface area contributed by atoms with Gasteiger partial charge in [-0.05, 0) is 29.7 Å². The number of aromatic nitrogens is 2. The number of hydrogen-bond donors (Lipinski definition) is 1. The van der Waals surface area contributed by atoms with Gasteiger partial charge in [-0.2, -0.15) is 5.10 Å². The summed E-state index contributed by atoms with van der Waals surface area (Å²) in [4.78, 5) is 25.8. The van der Waals surface area contributed by atoms with Gasteiger partial charge in [-0.3, -0.25) is 9.48 Å². The molecule has 1 aliphatic rings. The average molecular weight is 392 g/mol. The molecule has 7 heteroatoms. The van der Waals surface area contributed by atoms with Gasteiger partial charge in [-0.15, -0.1) is 0 Å². The molecule has 1 aromatic heterocycles. The fraction of sp³-hybridized carbons (Fsp3) is 0.353. The highest BCUT2D eigenvalue weighted by Gasteiger charge is 2.35. The van der Waals surface area contributed by atoms with Crippen LogP contribution in [0, 0.1) is 0 Å². The maximum Gasteiger partial charge on any atom is 0.326 e. The van der Waals surface area contributed by atoms with Crippen LogP contribution in [0.4, 0.5) is 0 Å². The number of carboxylic acids is 1. The number of amides is 1. The Kier molecular flexibility index (Phi) is 4.71. The highest BCUT2D eigenvalue weighted by atomic mass is 79.9. The molecule has 1 aliphatic heterocycles. The summed E-state index contributed by atoms with van der Waals surface area (Å²) < 4.78 is 2.62. The summed E-state index contributed by atoms with van der Waals surface area (Å²) >= 11 is 3.47. The van der Waals surface area contributed by atoms with Crippen molar-refractivity contribution < 1.29 is 14.7 Å². The van der Waals surface area contributed by atoms with Crippen molar-refractivity contribution >= 4 is 27.8 Å². The van der Waals surface area contributed by atoms with Crippen LogP contribution in [0.2, 0.25) is 0 Å². The molecule has 3 rings (SSSR count). The number of halogens is 1. The van der Waals surface area contributed by atoms with E-state index in [1.165, 1.54) is 4.90 Å². The predicted molar refractivity (Wildman–Crippen MR) is 91.3 cm³/mol. The molecule has 0 bridgehead atoms. The molecule has 2 aromatic rings. The third-order valence-electron chi connectivity index (χ3n) is 4.45. The first-order valence-corrected chi connectivity index (χ1v) is 8.52.